The van der Waals surface area contributed by atoms with Gasteiger partial charge in [0.1, 0.15) is 24.1 Å². The van der Waals surface area contributed by atoms with Crippen LogP contribution in [0.4, 0.5) is 0 Å². The standard InChI is InChI=1S/C35H46N2O4/c1-35(2,3)41-34(39)19-20-36-23-28-17-18-29-13-10-14-31(22-30(29)21-28)37(24-27-11-6-4-7-12-27)25-32(38)26-40-33-15-8-5-9-16-33/h4-9,11-12,15-18,21,31-32,36,38H,10,13-14,19-20,22-26H2,1-3H3/t31?,32-/m0/s1. The van der Waals surface area contributed by atoms with Crippen LogP contribution in [-0.4, -0.2) is 53.4 Å². The first-order chi connectivity index (χ1) is 19.7. The summed E-state index contributed by atoms with van der Waals surface area (Å²) in [4.78, 5) is 14.5. The van der Waals surface area contributed by atoms with Crippen molar-refractivity contribution in [3.05, 3.63) is 101 Å². The third kappa shape index (κ3) is 10.6. The van der Waals surface area contributed by atoms with E-state index in [9.17, 15) is 9.90 Å². The molecule has 1 aliphatic carbocycles. The molecule has 0 saturated carbocycles. The molecular formula is C35H46N2O4. The van der Waals surface area contributed by atoms with Crippen LogP contribution in [0.5, 0.6) is 5.75 Å². The van der Waals surface area contributed by atoms with E-state index in [2.05, 4.69) is 52.7 Å². The highest BCUT2D eigenvalue weighted by Crippen LogP contribution is 2.26. The van der Waals surface area contributed by atoms with Crippen LogP contribution in [0.3, 0.4) is 0 Å². The lowest BCUT2D eigenvalue weighted by Gasteiger charge is -2.33. The number of carbonyl (C=O) groups is 1. The number of ether oxygens (including phenoxy) is 2. The van der Waals surface area contributed by atoms with E-state index < -0.39 is 11.7 Å². The molecule has 0 saturated heterocycles. The average molecular weight is 559 g/mol. The van der Waals surface area contributed by atoms with E-state index in [1.165, 1.54) is 22.3 Å². The van der Waals surface area contributed by atoms with Gasteiger partial charge in [0, 0.05) is 32.2 Å². The van der Waals surface area contributed by atoms with Crippen LogP contribution in [-0.2, 0) is 35.5 Å². The highest BCUT2D eigenvalue weighted by atomic mass is 16.6. The maximum Gasteiger partial charge on any atom is 0.307 e. The molecule has 0 bridgehead atoms. The monoisotopic (exact) mass is 558 g/mol. The van der Waals surface area contributed by atoms with Crippen LogP contribution in [0.25, 0.3) is 0 Å². The predicted molar refractivity (Wildman–Crippen MR) is 164 cm³/mol. The van der Waals surface area contributed by atoms with Crippen molar-refractivity contribution in [3.8, 4) is 5.75 Å². The Morgan fingerprint density at radius 2 is 1.73 bits per heavy atom. The van der Waals surface area contributed by atoms with Gasteiger partial charge in [-0.25, -0.2) is 0 Å². The number of nitrogens with zero attached hydrogens (tertiary/aromatic N) is 1. The van der Waals surface area contributed by atoms with Crippen molar-refractivity contribution >= 4 is 5.97 Å². The number of aryl methyl sites for hydroxylation is 1. The number of hydrogen-bond acceptors (Lipinski definition) is 6. The Hall–Kier alpha value is -3.19. The largest absolute Gasteiger partial charge is 0.491 e. The summed E-state index contributed by atoms with van der Waals surface area (Å²) in [6.45, 7) is 8.57. The van der Waals surface area contributed by atoms with Gasteiger partial charge in [-0.1, -0.05) is 66.7 Å². The van der Waals surface area contributed by atoms with Gasteiger partial charge in [-0.05, 0) is 80.8 Å². The third-order valence-electron chi connectivity index (χ3n) is 7.34. The van der Waals surface area contributed by atoms with Crippen molar-refractivity contribution in [3.63, 3.8) is 0 Å². The molecule has 3 aromatic carbocycles. The number of benzene rings is 3. The lowest BCUT2D eigenvalue weighted by Crippen LogP contribution is -2.42. The van der Waals surface area contributed by atoms with Crippen molar-refractivity contribution < 1.29 is 19.4 Å². The highest BCUT2D eigenvalue weighted by molar-refractivity contribution is 5.70. The summed E-state index contributed by atoms with van der Waals surface area (Å²) in [6.07, 6.45) is 3.97. The molecule has 3 aromatic rings. The minimum atomic E-state index is -0.595. The van der Waals surface area contributed by atoms with Crippen LogP contribution in [0.1, 0.15) is 62.3 Å². The molecule has 0 heterocycles. The molecule has 4 rings (SSSR count). The van der Waals surface area contributed by atoms with Gasteiger partial charge in [-0.2, -0.15) is 0 Å². The van der Waals surface area contributed by atoms with Gasteiger partial charge >= 0.3 is 5.97 Å². The first kappa shape index (κ1) is 30.8. The molecule has 2 atom stereocenters. The molecular weight excluding hydrogens is 512 g/mol. The lowest BCUT2D eigenvalue weighted by atomic mass is 9.98. The summed E-state index contributed by atoms with van der Waals surface area (Å²) in [5.41, 5.74) is 4.81. The topological polar surface area (TPSA) is 71.0 Å². The maximum absolute atomic E-state index is 12.0. The number of aliphatic hydroxyl groups excluding tert-OH is 1. The molecule has 6 nitrogen and oxygen atoms in total. The summed E-state index contributed by atoms with van der Waals surface area (Å²) in [7, 11) is 0. The Balaban J connectivity index is 1.39. The van der Waals surface area contributed by atoms with Crippen LogP contribution >= 0.6 is 0 Å². The molecule has 2 N–H and O–H groups in total. The molecule has 220 valence electrons. The van der Waals surface area contributed by atoms with Crippen molar-refractivity contribution in [2.45, 2.75) is 83.7 Å². The van der Waals surface area contributed by atoms with Crippen LogP contribution in [0.15, 0.2) is 78.9 Å². The zero-order chi connectivity index (χ0) is 29.1. The molecule has 0 aliphatic heterocycles. The number of nitrogens with one attached hydrogen (secondary N) is 1. The molecule has 0 fully saturated rings. The Labute approximate surface area is 245 Å². The van der Waals surface area contributed by atoms with E-state index in [-0.39, 0.29) is 12.6 Å². The molecule has 0 radical (unpaired) electrons. The minimum Gasteiger partial charge on any atom is -0.491 e. The predicted octanol–water partition coefficient (Wildman–Crippen LogP) is 5.70. The Kier molecular flexibility index (Phi) is 11.4. The van der Waals surface area contributed by atoms with Gasteiger partial charge < -0.3 is 19.9 Å². The van der Waals surface area contributed by atoms with E-state index >= 15 is 0 Å². The SMILES string of the molecule is CC(C)(C)OC(=O)CCNCc1ccc2c(c1)CC(N(Cc1ccccc1)C[C@H](O)COc1ccccc1)CCC2. The zero-order valence-electron chi connectivity index (χ0n) is 24.9. The van der Waals surface area contributed by atoms with Crippen LogP contribution in [0, 0.1) is 0 Å². The highest BCUT2D eigenvalue weighted by Gasteiger charge is 2.25. The third-order valence-corrected chi connectivity index (χ3v) is 7.34. The Bertz CT molecular complexity index is 1210. The first-order valence-electron chi connectivity index (χ1n) is 14.9. The normalized spacial score (nSPS) is 16.1. The van der Waals surface area contributed by atoms with Crippen LogP contribution < -0.4 is 10.1 Å². The quantitative estimate of drug-likeness (QED) is 0.159. The summed E-state index contributed by atoms with van der Waals surface area (Å²) >= 11 is 0. The Morgan fingerprint density at radius 1 is 1.00 bits per heavy atom. The molecule has 1 aliphatic rings. The van der Waals surface area contributed by atoms with Gasteiger partial charge in [0.15, 0.2) is 0 Å². The number of esters is 1. The van der Waals surface area contributed by atoms with Gasteiger partial charge in [0.05, 0.1) is 6.42 Å². The smallest absolute Gasteiger partial charge is 0.307 e. The van der Waals surface area contributed by atoms with Crippen molar-refractivity contribution in [1.82, 2.24) is 10.2 Å². The van der Waals surface area contributed by atoms with E-state index in [0.29, 0.717) is 32.1 Å². The second-order valence-electron chi connectivity index (χ2n) is 12.1. The van der Waals surface area contributed by atoms with Crippen molar-refractivity contribution in [2.75, 3.05) is 19.7 Å². The molecule has 6 heteroatoms. The maximum atomic E-state index is 12.0. The van der Waals surface area contributed by atoms with E-state index in [4.69, 9.17) is 9.47 Å². The summed E-state index contributed by atoms with van der Waals surface area (Å²) in [5.74, 6) is 0.599. The summed E-state index contributed by atoms with van der Waals surface area (Å²) in [5, 5.41) is 14.4. The summed E-state index contributed by atoms with van der Waals surface area (Å²) < 4.78 is 11.3. The number of aliphatic hydroxyl groups is 1. The first-order valence-corrected chi connectivity index (χ1v) is 14.9. The number of rotatable bonds is 13. The van der Waals surface area contributed by atoms with Gasteiger partial charge in [0.25, 0.3) is 0 Å². The molecule has 1 unspecified atom stereocenters. The van der Waals surface area contributed by atoms with Gasteiger partial charge in [-0.3, -0.25) is 9.69 Å². The van der Waals surface area contributed by atoms with E-state index in [0.717, 1.165) is 38.0 Å². The van der Waals surface area contributed by atoms with Gasteiger partial charge in [-0.15, -0.1) is 0 Å². The number of fused-ring (bicyclic) bond motifs is 1. The number of para-hydroxylation sites is 1. The fraction of sp³-hybridized carbons (Fsp3) is 0.457. The van der Waals surface area contributed by atoms with Crippen molar-refractivity contribution in [2.24, 2.45) is 0 Å². The number of carbonyl (C=O) groups excluding carboxylic acids is 1. The number of hydrogen-bond donors (Lipinski definition) is 2. The second-order valence-corrected chi connectivity index (χ2v) is 12.1. The minimum absolute atomic E-state index is 0.176. The fourth-order valence-corrected chi connectivity index (χ4v) is 5.43. The molecule has 41 heavy (non-hydrogen) atoms. The van der Waals surface area contributed by atoms with Gasteiger partial charge in [0.2, 0.25) is 0 Å². The van der Waals surface area contributed by atoms with E-state index in [1.807, 2.05) is 57.2 Å². The van der Waals surface area contributed by atoms with E-state index in [1.54, 1.807) is 0 Å². The summed E-state index contributed by atoms with van der Waals surface area (Å²) in [6, 6.07) is 27.3. The second kappa shape index (κ2) is 15.2. The van der Waals surface area contributed by atoms with Crippen molar-refractivity contribution in [1.29, 1.82) is 0 Å². The zero-order valence-corrected chi connectivity index (χ0v) is 24.9. The Morgan fingerprint density at radius 3 is 2.46 bits per heavy atom. The molecule has 0 aromatic heterocycles. The lowest BCUT2D eigenvalue weighted by molar-refractivity contribution is -0.154. The van der Waals surface area contributed by atoms with Crippen LogP contribution in [0.2, 0.25) is 0 Å². The molecule has 0 spiro atoms. The molecule has 0 amide bonds. The fourth-order valence-electron chi connectivity index (χ4n) is 5.43. The average Bonchev–Trinajstić information content (AvgIpc) is 3.16.